The maximum absolute atomic E-state index is 11.9. The lowest BCUT2D eigenvalue weighted by molar-refractivity contribution is -0.120. The van der Waals surface area contributed by atoms with Crippen molar-refractivity contribution in [2.75, 3.05) is 11.9 Å². The van der Waals surface area contributed by atoms with Crippen molar-refractivity contribution >= 4 is 29.2 Å². The van der Waals surface area contributed by atoms with E-state index in [0.717, 1.165) is 5.56 Å². The van der Waals surface area contributed by atoms with Crippen molar-refractivity contribution in [2.45, 2.75) is 26.4 Å². The van der Waals surface area contributed by atoms with Crippen molar-refractivity contribution in [3.63, 3.8) is 0 Å². The molecule has 0 unspecified atom stereocenters. The third-order valence-electron chi connectivity index (χ3n) is 3.24. The number of imide groups is 1. The van der Waals surface area contributed by atoms with Gasteiger partial charge in [-0.15, -0.1) is 0 Å². The van der Waals surface area contributed by atoms with Crippen LogP contribution in [0.2, 0.25) is 5.02 Å². The van der Waals surface area contributed by atoms with Crippen LogP contribution in [0.4, 0.5) is 10.5 Å². The zero-order valence-corrected chi connectivity index (χ0v) is 14.3. The van der Waals surface area contributed by atoms with E-state index in [-0.39, 0.29) is 0 Å². The van der Waals surface area contributed by atoms with E-state index in [1.165, 1.54) is 0 Å². The number of halogens is 1. The zero-order chi connectivity index (χ0) is 17.5. The van der Waals surface area contributed by atoms with Gasteiger partial charge in [0, 0.05) is 17.8 Å². The lowest BCUT2D eigenvalue weighted by atomic mass is 10.2. The molecule has 24 heavy (non-hydrogen) atoms. The molecule has 1 aromatic carbocycles. The second-order valence-corrected chi connectivity index (χ2v) is 5.70. The second kappa shape index (κ2) is 8.35. The molecule has 0 spiro atoms. The van der Waals surface area contributed by atoms with Gasteiger partial charge in [-0.05, 0) is 31.5 Å². The number of carbonyl (C=O) groups excluding carboxylic acids is 2. The number of benzene rings is 1. The Morgan fingerprint density at radius 1 is 1.29 bits per heavy atom. The van der Waals surface area contributed by atoms with Gasteiger partial charge in [-0.25, -0.2) is 4.79 Å². The monoisotopic (exact) mass is 349 g/mol. The SMILES string of the molecule is CCNC(=O)NC(=O)[C@H](C)Nc1cnn(Cc2ccc(Cl)cc2)c1. The molecule has 0 bridgehead atoms. The van der Waals surface area contributed by atoms with Gasteiger partial charge in [0.2, 0.25) is 5.91 Å². The number of rotatable bonds is 6. The molecule has 0 aliphatic carbocycles. The van der Waals surface area contributed by atoms with E-state index >= 15 is 0 Å². The molecule has 3 N–H and O–H groups in total. The van der Waals surface area contributed by atoms with Crippen molar-refractivity contribution in [3.05, 3.63) is 47.2 Å². The summed E-state index contributed by atoms with van der Waals surface area (Å²) in [5.41, 5.74) is 1.76. The van der Waals surface area contributed by atoms with Crippen molar-refractivity contribution in [1.82, 2.24) is 20.4 Å². The minimum Gasteiger partial charge on any atom is -0.371 e. The normalized spacial score (nSPS) is 11.6. The van der Waals surface area contributed by atoms with Gasteiger partial charge in [0.25, 0.3) is 0 Å². The van der Waals surface area contributed by atoms with Crippen LogP contribution < -0.4 is 16.0 Å². The van der Waals surface area contributed by atoms with E-state index in [2.05, 4.69) is 21.0 Å². The highest BCUT2D eigenvalue weighted by Gasteiger charge is 2.15. The molecule has 1 atom stereocenters. The fourth-order valence-electron chi connectivity index (χ4n) is 2.04. The molecule has 0 aliphatic heterocycles. The first kappa shape index (κ1) is 17.8. The highest BCUT2D eigenvalue weighted by atomic mass is 35.5. The van der Waals surface area contributed by atoms with Crippen LogP contribution in [-0.2, 0) is 11.3 Å². The summed E-state index contributed by atoms with van der Waals surface area (Å²) in [7, 11) is 0. The van der Waals surface area contributed by atoms with Crippen molar-refractivity contribution in [3.8, 4) is 0 Å². The van der Waals surface area contributed by atoms with Gasteiger partial charge in [-0.1, -0.05) is 23.7 Å². The summed E-state index contributed by atoms with van der Waals surface area (Å²) in [6.07, 6.45) is 3.43. The number of nitrogens with one attached hydrogen (secondary N) is 3. The van der Waals surface area contributed by atoms with Gasteiger partial charge in [-0.3, -0.25) is 14.8 Å². The Hall–Kier alpha value is -2.54. The average Bonchev–Trinajstić information content (AvgIpc) is 2.96. The Morgan fingerprint density at radius 3 is 2.67 bits per heavy atom. The van der Waals surface area contributed by atoms with Crippen LogP contribution in [0.25, 0.3) is 0 Å². The minimum absolute atomic E-state index is 0.411. The van der Waals surface area contributed by atoms with E-state index < -0.39 is 18.0 Å². The first-order valence-corrected chi connectivity index (χ1v) is 7.98. The Kier molecular flexibility index (Phi) is 6.20. The lowest BCUT2D eigenvalue weighted by Crippen LogP contribution is -2.45. The van der Waals surface area contributed by atoms with Gasteiger partial charge in [0.05, 0.1) is 18.4 Å². The lowest BCUT2D eigenvalue weighted by Gasteiger charge is -2.13. The Morgan fingerprint density at radius 2 is 2.00 bits per heavy atom. The van der Waals surface area contributed by atoms with E-state index in [1.54, 1.807) is 30.9 Å². The van der Waals surface area contributed by atoms with Crippen LogP contribution >= 0.6 is 11.6 Å². The Bertz CT molecular complexity index is 699. The quantitative estimate of drug-likeness (QED) is 0.746. The summed E-state index contributed by atoms with van der Waals surface area (Å²) in [6, 6.07) is 6.44. The minimum atomic E-state index is -0.569. The summed E-state index contributed by atoms with van der Waals surface area (Å²) in [5, 5.41) is 12.7. The molecule has 0 fully saturated rings. The van der Waals surface area contributed by atoms with Gasteiger partial charge >= 0.3 is 6.03 Å². The summed E-state index contributed by atoms with van der Waals surface area (Å²) < 4.78 is 1.75. The summed E-state index contributed by atoms with van der Waals surface area (Å²) >= 11 is 5.86. The second-order valence-electron chi connectivity index (χ2n) is 5.27. The maximum atomic E-state index is 11.9. The van der Waals surface area contributed by atoms with Gasteiger partial charge in [0.15, 0.2) is 0 Å². The number of urea groups is 1. The third kappa shape index (κ3) is 5.27. The van der Waals surface area contributed by atoms with Crippen LogP contribution in [0.3, 0.4) is 0 Å². The van der Waals surface area contributed by atoms with E-state index in [0.29, 0.717) is 23.8 Å². The molecule has 2 aromatic rings. The molecular formula is C16H20ClN5O2. The fraction of sp³-hybridized carbons (Fsp3) is 0.312. The number of amides is 3. The molecule has 3 amide bonds. The zero-order valence-electron chi connectivity index (χ0n) is 13.5. The van der Waals surface area contributed by atoms with Crippen molar-refractivity contribution in [1.29, 1.82) is 0 Å². The van der Waals surface area contributed by atoms with Crippen LogP contribution in [0, 0.1) is 0 Å². The van der Waals surface area contributed by atoms with Gasteiger partial charge in [-0.2, -0.15) is 5.10 Å². The fourth-order valence-corrected chi connectivity index (χ4v) is 2.17. The topological polar surface area (TPSA) is 88.1 Å². The molecule has 128 valence electrons. The predicted molar refractivity (Wildman–Crippen MR) is 93.1 cm³/mol. The molecule has 0 saturated heterocycles. The van der Waals surface area contributed by atoms with Gasteiger partial charge in [0.1, 0.15) is 6.04 Å². The molecule has 0 aliphatic rings. The smallest absolute Gasteiger partial charge is 0.321 e. The van der Waals surface area contributed by atoms with Crippen LogP contribution in [0.1, 0.15) is 19.4 Å². The van der Waals surface area contributed by atoms with Crippen LogP contribution in [-0.4, -0.2) is 34.3 Å². The molecule has 2 rings (SSSR count). The molecule has 7 nitrogen and oxygen atoms in total. The molecule has 1 aromatic heterocycles. The molecule has 8 heteroatoms. The summed E-state index contributed by atoms with van der Waals surface area (Å²) in [5.74, 6) is -0.411. The number of anilines is 1. The first-order valence-electron chi connectivity index (χ1n) is 7.60. The van der Waals surface area contributed by atoms with E-state index in [1.807, 2.05) is 24.3 Å². The largest absolute Gasteiger partial charge is 0.371 e. The summed E-state index contributed by atoms with van der Waals surface area (Å²) in [6.45, 7) is 4.50. The van der Waals surface area contributed by atoms with Crippen molar-refractivity contribution < 1.29 is 9.59 Å². The molecule has 0 saturated carbocycles. The Balaban J connectivity index is 1.89. The van der Waals surface area contributed by atoms with E-state index in [9.17, 15) is 9.59 Å². The summed E-state index contributed by atoms with van der Waals surface area (Å²) in [4.78, 5) is 23.2. The van der Waals surface area contributed by atoms with Gasteiger partial charge < -0.3 is 10.6 Å². The Labute approximate surface area is 145 Å². The molecular weight excluding hydrogens is 330 g/mol. The van der Waals surface area contributed by atoms with Crippen LogP contribution in [0.5, 0.6) is 0 Å². The third-order valence-corrected chi connectivity index (χ3v) is 3.49. The number of hydrogen-bond acceptors (Lipinski definition) is 4. The van der Waals surface area contributed by atoms with E-state index in [4.69, 9.17) is 11.6 Å². The average molecular weight is 350 g/mol. The number of nitrogens with zero attached hydrogens (tertiary/aromatic N) is 2. The number of hydrogen-bond donors (Lipinski definition) is 3. The van der Waals surface area contributed by atoms with Crippen LogP contribution in [0.15, 0.2) is 36.7 Å². The standard InChI is InChI=1S/C16H20ClN5O2/c1-3-18-16(24)21-15(23)11(2)20-14-8-19-22(10-14)9-12-4-6-13(17)7-5-12/h4-8,10-11,20H,3,9H2,1-2H3,(H2,18,21,23,24)/t11-/m0/s1. The predicted octanol–water partition coefficient (Wildman–Crippen LogP) is 2.23. The van der Waals surface area contributed by atoms with Crippen molar-refractivity contribution in [2.24, 2.45) is 0 Å². The molecule has 0 radical (unpaired) electrons. The maximum Gasteiger partial charge on any atom is 0.321 e. The number of aromatic nitrogens is 2. The highest BCUT2D eigenvalue weighted by Crippen LogP contribution is 2.12. The number of carbonyl (C=O) groups is 2. The molecule has 1 heterocycles. The first-order chi connectivity index (χ1) is 11.5. The highest BCUT2D eigenvalue weighted by molar-refractivity contribution is 6.30.